The Hall–Kier alpha value is -1.75. The van der Waals surface area contributed by atoms with Crippen molar-refractivity contribution in [3.8, 4) is 5.75 Å². The first kappa shape index (κ1) is 15.6. The van der Waals surface area contributed by atoms with E-state index in [0.717, 1.165) is 10.0 Å². The normalized spacial score (nSPS) is 12.0. The third-order valence-electron chi connectivity index (χ3n) is 3.15. The molecule has 2 aromatic rings. The van der Waals surface area contributed by atoms with Crippen molar-refractivity contribution < 1.29 is 9.13 Å². The lowest BCUT2D eigenvalue weighted by Crippen LogP contribution is -2.09. The van der Waals surface area contributed by atoms with E-state index >= 15 is 0 Å². The van der Waals surface area contributed by atoms with Crippen molar-refractivity contribution in [3.05, 3.63) is 52.3 Å². The predicted molar refractivity (Wildman–Crippen MR) is 88.2 cm³/mol. The maximum absolute atomic E-state index is 13.7. The van der Waals surface area contributed by atoms with Crippen molar-refractivity contribution >= 4 is 27.3 Å². The molecule has 0 spiro atoms. The first-order valence-corrected chi connectivity index (χ1v) is 7.54. The van der Waals surface area contributed by atoms with Gasteiger partial charge < -0.3 is 15.8 Å². The summed E-state index contributed by atoms with van der Waals surface area (Å²) in [5, 5.41) is 3.28. The van der Waals surface area contributed by atoms with Gasteiger partial charge in [0, 0.05) is 22.6 Å². The number of anilines is 2. The van der Waals surface area contributed by atoms with Gasteiger partial charge in [0.05, 0.1) is 18.0 Å². The standard InChI is InChI=1S/C16H18BrFN2O/c1-3-21-16-9-15(14(19)8-13(16)18)20-10(2)11-4-6-12(17)7-5-11/h4-10,20H,3,19H2,1-2H3. The second-order valence-electron chi connectivity index (χ2n) is 4.72. The Balaban J connectivity index is 2.22. The van der Waals surface area contributed by atoms with Crippen molar-refractivity contribution in [2.45, 2.75) is 19.9 Å². The maximum Gasteiger partial charge on any atom is 0.167 e. The smallest absolute Gasteiger partial charge is 0.167 e. The highest BCUT2D eigenvalue weighted by Crippen LogP contribution is 2.31. The molecule has 0 heterocycles. The Morgan fingerprint density at radius 3 is 2.57 bits per heavy atom. The molecule has 0 saturated heterocycles. The van der Waals surface area contributed by atoms with Crippen molar-refractivity contribution in [1.29, 1.82) is 0 Å². The van der Waals surface area contributed by atoms with Gasteiger partial charge in [0.2, 0.25) is 0 Å². The van der Waals surface area contributed by atoms with Crippen LogP contribution in [0, 0.1) is 5.82 Å². The van der Waals surface area contributed by atoms with Gasteiger partial charge in [-0.1, -0.05) is 28.1 Å². The molecule has 0 saturated carbocycles. The number of benzene rings is 2. The van der Waals surface area contributed by atoms with E-state index in [1.807, 2.05) is 38.1 Å². The molecule has 0 aliphatic rings. The summed E-state index contributed by atoms with van der Waals surface area (Å²) >= 11 is 3.41. The second-order valence-corrected chi connectivity index (χ2v) is 5.64. The summed E-state index contributed by atoms with van der Waals surface area (Å²) in [4.78, 5) is 0. The number of hydrogen-bond donors (Lipinski definition) is 2. The zero-order valence-electron chi connectivity index (χ0n) is 12.0. The number of rotatable bonds is 5. The van der Waals surface area contributed by atoms with Gasteiger partial charge in [-0.25, -0.2) is 4.39 Å². The Morgan fingerprint density at radius 1 is 1.29 bits per heavy atom. The number of nitrogen functional groups attached to an aromatic ring is 1. The minimum atomic E-state index is -0.448. The Bertz CT molecular complexity index is 616. The zero-order chi connectivity index (χ0) is 15.4. The SMILES string of the molecule is CCOc1cc(NC(C)c2ccc(Br)cc2)c(N)cc1F. The third kappa shape index (κ3) is 3.88. The number of ether oxygens (including phenoxy) is 1. The minimum absolute atomic E-state index is 0.0420. The first-order chi connectivity index (χ1) is 10.0. The van der Waals surface area contributed by atoms with Gasteiger partial charge >= 0.3 is 0 Å². The summed E-state index contributed by atoms with van der Waals surface area (Å²) in [6.45, 7) is 4.24. The second kappa shape index (κ2) is 6.80. The number of nitrogens with two attached hydrogens (primary N) is 1. The number of halogens is 2. The lowest BCUT2D eigenvalue weighted by Gasteiger charge is -2.18. The molecule has 0 radical (unpaired) electrons. The maximum atomic E-state index is 13.7. The van der Waals surface area contributed by atoms with Crippen LogP contribution >= 0.6 is 15.9 Å². The van der Waals surface area contributed by atoms with Crippen LogP contribution in [0.15, 0.2) is 40.9 Å². The van der Waals surface area contributed by atoms with Crippen LogP contribution in [0.3, 0.4) is 0 Å². The van der Waals surface area contributed by atoms with Crippen LogP contribution in [0.5, 0.6) is 5.75 Å². The molecule has 1 atom stereocenters. The van der Waals surface area contributed by atoms with Crippen LogP contribution in [0.4, 0.5) is 15.8 Å². The lowest BCUT2D eigenvalue weighted by atomic mass is 10.1. The van der Waals surface area contributed by atoms with Crippen LogP contribution in [-0.2, 0) is 0 Å². The molecule has 0 aromatic heterocycles. The van der Waals surface area contributed by atoms with Crippen molar-refractivity contribution in [1.82, 2.24) is 0 Å². The fraction of sp³-hybridized carbons (Fsp3) is 0.250. The highest BCUT2D eigenvalue weighted by atomic mass is 79.9. The number of hydrogen-bond acceptors (Lipinski definition) is 3. The molecule has 1 unspecified atom stereocenters. The minimum Gasteiger partial charge on any atom is -0.491 e. The van der Waals surface area contributed by atoms with Crippen LogP contribution in [0.25, 0.3) is 0 Å². The van der Waals surface area contributed by atoms with E-state index in [0.29, 0.717) is 18.0 Å². The van der Waals surface area contributed by atoms with Crippen LogP contribution < -0.4 is 15.8 Å². The summed E-state index contributed by atoms with van der Waals surface area (Å²) in [5.41, 5.74) is 8.01. The quantitative estimate of drug-likeness (QED) is 0.763. The van der Waals surface area contributed by atoms with Gasteiger partial charge in [-0.2, -0.15) is 0 Å². The molecule has 0 aliphatic carbocycles. The van der Waals surface area contributed by atoms with Gasteiger partial charge in [-0.15, -0.1) is 0 Å². The van der Waals surface area contributed by atoms with Crippen LogP contribution in [-0.4, -0.2) is 6.61 Å². The van der Waals surface area contributed by atoms with Crippen LogP contribution in [0.1, 0.15) is 25.5 Å². The molecule has 2 aromatic carbocycles. The molecule has 0 amide bonds. The molecule has 0 bridgehead atoms. The molecule has 5 heteroatoms. The molecule has 3 N–H and O–H groups in total. The van der Waals surface area contributed by atoms with E-state index in [4.69, 9.17) is 10.5 Å². The van der Waals surface area contributed by atoms with E-state index in [1.54, 1.807) is 6.07 Å². The Labute approximate surface area is 132 Å². The van der Waals surface area contributed by atoms with E-state index < -0.39 is 5.82 Å². The topological polar surface area (TPSA) is 47.3 Å². The first-order valence-electron chi connectivity index (χ1n) is 6.75. The fourth-order valence-corrected chi connectivity index (χ4v) is 2.29. The largest absolute Gasteiger partial charge is 0.491 e. The molecule has 3 nitrogen and oxygen atoms in total. The highest BCUT2D eigenvalue weighted by molar-refractivity contribution is 9.10. The average Bonchev–Trinajstić information content (AvgIpc) is 2.45. The van der Waals surface area contributed by atoms with Gasteiger partial charge in [0.15, 0.2) is 11.6 Å². The van der Waals surface area contributed by atoms with E-state index in [-0.39, 0.29) is 11.8 Å². The molecular weight excluding hydrogens is 335 g/mol. The van der Waals surface area contributed by atoms with Crippen LogP contribution in [0.2, 0.25) is 0 Å². The Morgan fingerprint density at radius 2 is 1.95 bits per heavy atom. The van der Waals surface area contributed by atoms with Crippen molar-refractivity contribution in [2.24, 2.45) is 0 Å². The van der Waals surface area contributed by atoms with Crippen molar-refractivity contribution in [2.75, 3.05) is 17.7 Å². The molecular formula is C16H18BrFN2O. The molecule has 112 valence electrons. The highest BCUT2D eigenvalue weighted by Gasteiger charge is 2.12. The molecule has 21 heavy (non-hydrogen) atoms. The average molecular weight is 353 g/mol. The summed E-state index contributed by atoms with van der Waals surface area (Å²) in [6, 6.07) is 10.9. The Kier molecular flexibility index (Phi) is 5.07. The monoisotopic (exact) mass is 352 g/mol. The zero-order valence-corrected chi connectivity index (χ0v) is 13.6. The molecule has 0 aliphatic heterocycles. The molecule has 0 fully saturated rings. The summed E-state index contributed by atoms with van der Waals surface area (Å²) in [6.07, 6.45) is 0. The fourth-order valence-electron chi connectivity index (χ4n) is 2.03. The predicted octanol–water partition coefficient (Wildman–Crippen LogP) is 4.74. The van der Waals surface area contributed by atoms with E-state index in [2.05, 4.69) is 21.2 Å². The van der Waals surface area contributed by atoms with Gasteiger partial charge in [-0.3, -0.25) is 0 Å². The van der Waals surface area contributed by atoms with E-state index in [9.17, 15) is 4.39 Å². The third-order valence-corrected chi connectivity index (χ3v) is 3.67. The van der Waals surface area contributed by atoms with Gasteiger partial charge in [0.1, 0.15) is 0 Å². The van der Waals surface area contributed by atoms with Crippen molar-refractivity contribution in [3.63, 3.8) is 0 Å². The van der Waals surface area contributed by atoms with E-state index in [1.165, 1.54) is 6.07 Å². The number of nitrogens with one attached hydrogen (secondary N) is 1. The van der Waals surface area contributed by atoms with Gasteiger partial charge in [-0.05, 0) is 31.5 Å². The van der Waals surface area contributed by atoms with Gasteiger partial charge in [0.25, 0.3) is 0 Å². The summed E-state index contributed by atoms with van der Waals surface area (Å²) in [7, 11) is 0. The summed E-state index contributed by atoms with van der Waals surface area (Å²) in [5.74, 6) is -0.242. The lowest BCUT2D eigenvalue weighted by molar-refractivity contribution is 0.322. The molecule has 2 rings (SSSR count). The summed E-state index contributed by atoms with van der Waals surface area (Å²) < 4.78 is 20.0.